The quantitative estimate of drug-likeness (QED) is 0.730. The lowest BCUT2D eigenvalue weighted by atomic mass is 10.1. The summed E-state index contributed by atoms with van der Waals surface area (Å²) >= 11 is 0. The molecule has 2 amide bonds. The van der Waals surface area contributed by atoms with Crippen LogP contribution in [-0.2, 0) is 9.59 Å². The number of aryl methyl sites for hydroxylation is 2. The van der Waals surface area contributed by atoms with Crippen molar-refractivity contribution in [3.8, 4) is 11.3 Å². The minimum Gasteiger partial charge on any atom is -0.342 e. The molecule has 0 atom stereocenters. The number of benzene rings is 1. The van der Waals surface area contributed by atoms with Crippen molar-refractivity contribution in [2.45, 2.75) is 27.7 Å². The maximum atomic E-state index is 12.6. The number of hydrogen-bond acceptors (Lipinski definition) is 4. The third kappa shape index (κ3) is 3.80. The summed E-state index contributed by atoms with van der Waals surface area (Å²) in [5.74, 6) is 1.80. The van der Waals surface area contributed by atoms with E-state index in [-0.39, 0.29) is 24.9 Å². The van der Waals surface area contributed by atoms with Gasteiger partial charge in [-0.15, -0.1) is 0 Å². The molecule has 0 radical (unpaired) electrons. The van der Waals surface area contributed by atoms with Gasteiger partial charge in [-0.05, 0) is 31.5 Å². The summed E-state index contributed by atoms with van der Waals surface area (Å²) in [5, 5.41) is 0. The number of anilines is 2. The lowest BCUT2D eigenvalue weighted by Gasteiger charge is -2.33. The molecule has 1 fully saturated rings. The molecule has 1 aliphatic rings. The van der Waals surface area contributed by atoms with E-state index in [1.807, 2.05) is 45.0 Å². The van der Waals surface area contributed by atoms with Crippen molar-refractivity contribution >= 4 is 23.3 Å². The van der Waals surface area contributed by atoms with Crippen LogP contribution in [0.2, 0.25) is 0 Å². The van der Waals surface area contributed by atoms with E-state index in [9.17, 15) is 9.59 Å². The third-order valence-corrected chi connectivity index (χ3v) is 4.36. The number of aromatic nitrogens is 4. The normalized spacial score (nSPS) is 14.1. The minimum absolute atomic E-state index is 0.000582. The van der Waals surface area contributed by atoms with E-state index in [1.165, 1.54) is 9.80 Å². The third-order valence-electron chi connectivity index (χ3n) is 4.36. The van der Waals surface area contributed by atoms with Crippen molar-refractivity contribution in [3.63, 3.8) is 0 Å². The lowest BCUT2D eigenvalue weighted by molar-refractivity contribution is -0.125. The lowest BCUT2D eigenvalue weighted by Crippen LogP contribution is -2.54. The summed E-state index contributed by atoms with van der Waals surface area (Å²) in [6.07, 6.45) is 3.33. The molecule has 28 heavy (non-hydrogen) atoms. The standard InChI is InChI=1S/C18H18N6O2.C2H6/c1-11-19-7-15(21-11)13-3-5-14(6-4-13)23-9-18(26)24(10-17(23)25)16-8-20-12(2)22-16;1-2/h3-8H,9-10H2,1-2H3,(H,19,21)(H,20,22);1-2H3. The molecule has 2 aromatic heterocycles. The second-order valence-electron chi connectivity index (χ2n) is 6.24. The molecule has 2 N–H and O–H groups in total. The summed E-state index contributed by atoms with van der Waals surface area (Å²) < 4.78 is 0. The summed E-state index contributed by atoms with van der Waals surface area (Å²) in [7, 11) is 0. The predicted octanol–water partition coefficient (Wildman–Crippen LogP) is 2.82. The summed E-state index contributed by atoms with van der Waals surface area (Å²) in [5.41, 5.74) is 2.58. The van der Waals surface area contributed by atoms with Gasteiger partial charge < -0.3 is 14.9 Å². The molecular weight excluding hydrogens is 356 g/mol. The SMILES string of the molecule is CC.Cc1ncc(-c2ccc(N3CC(=O)N(c4cnc(C)[nH]4)CC3=O)cc2)[nH]1. The highest BCUT2D eigenvalue weighted by Gasteiger charge is 2.32. The topological polar surface area (TPSA) is 98.0 Å². The molecule has 8 heteroatoms. The van der Waals surface area contributed by atoms with Crippen LogP contribution < -0.4 is 9.80 Å². The Balaban J connectivity index is 0.00000109. The monoisotopic (exact) mass is 380 g/mol. The van der Waals surface area contributed by atoms with Crippen molar-refractivity contribution in [3.05, 3.63) is 48.3 Å². The van der Waals surface area contributed by atoms with Crippen LogP contribution in [0, 0.1) is 13.8 Å². The van der Waals surface area contributed by atoms with Crippen molar-refractivity contribution in [2.75, 3.05) is 22.9 Å². The fraction of sp³-hybridized carbons (Fsp3) is 0.300. The second-order valence-corrected chi connectivity index (χ2v) is 6.24. The van der Waals surface area contributed by atoms with E-state index in [2.05, 4.69) is 19.9 Å². The number of piperazine rings is 1. The molecule has 8 nitrogen and oxygen atoms in total. The molecule has 1 aliphatic heterocycles. The van der Waals surface area contributed by atoms with Gasteiger partial charge in [0.15, 0.2) is 0 Å². The number of carbonyl (C=O) groups is 2. The molecular formula is C20H24N6O2. The smallest absolute Gasteiger partial charge is 0.248 e. The Labute approximate surface area is 163 Å². The Morgan fingerprint density at radius 1 is 0.821 bits per heavy atom. The van der Waals surface area contributed by atoms with Crippen molar-refractivity contribution < 1.29 is 9.59 Å². The Kier molecular flexibility index (Phi) is 5.58. The highest BCUT2D eigenvalue weighted by atomic mass is 16.2. The highest BCUT2D eigenvalue weighted by molar-refractivity contribution is 6.11. The van der Waals surface area contributed by atoms with Crippen LogP contribution in [0.4, 0.5) is 11.5 Å². The number of amides is 2. The average molecular weight is 380 g/mol. The molecule has 0 aliphatic carbocycles. The van der Waals surface area contributed by atoms with Gasteiger partial charge in [-0.2, -0.15) is 0 Å². The van der Waals surface area contributed by atoms with Crippen LogP contribution in [0.1, 0.15) is 25.5 Å². The van der Waals surface area contributed by atoms with Crippen LogP contribution in [0.15, 0.2) is 36.7 Å². The number of aromatic amines is 2. The number of hydrogen-bond donors (Lipinski definition) is 2. The zero-order valence-corrected chi connectivity index (χ0v) is 16.5. The van der Waals surface area contributed by atoms with Crippen LogP contribution >= 0.6 is 0 Å². The van der Waals surface area contributed by atoms with Gasteiger partial charge in [0.05, 0.1) is 18.1 Å². The van der Waals surface area contributed by atoms with Gasteiger partial charge in [-0.1, -0.05) is 26.0 Å². The first-order valence-corrected chi connectivity index (χ1v) is 9.25. The Morgan fingerprint density at radius 2 is 1.39 bits per heavy atom. The number of nitrogens with zero attached hydrogens (tertiary/aromatic N) is 4. The number of imidazole rings is 2. The molecule has 0 spiro atoms. The van der Waals surface area contributed by atoms with E-state index in [0.717, 1.165) is 17.1 Å². The van der Waals surface area contributed by atoms with Gasteiger partial charge in [0.1, 0.15) is 30.6 Å². The second kappa shape index (κ2) is 8.08. The van der Waals surface area contributed by atoms with E-state index >= 15 is 0 Å². The van der Waals surface area contributed by atoms with E-state index in [1.54, 1.807) is 19.3 Å². The molecule has 0 unspecified atom stereocenters. The van der Waals surface area contributed by atoms with Gasteiger partial charge in [0.25, 0.3) is 0 Å². The van der Waals surface area contributed by atoms with E-state index in [4.69, 9.17) is 0 Å². The van der Waals surface area contributed by atoms with Gasteiger partial charge in [-0.25, -0.2) is 9.97 Å². The van der Waals surface area contributed by atoms with Crippen molar-refractivity contribution in [1.29, 1.82) is 0 Å². The molecule has 3 heterocycles. The first kappa shape index (κ1) is 19.3. The Bertz CT molecular complexity index is 973. The molecule has 3 aromatic rings. The predicted molar refractivity (Wildman–Crippen MR) is 108 cm³/mol. The van der Waals surface area contributed by atoms with E-state index in [0.29, 0.717) is 17.3 Å². The van der Waals surface area contributed by atoms with Crippen LogP contribution in [0.3, 0.4) is 0 Å². The van der Waals surface area contributed by atoms with Crippen LogP contribution in [-0.4, -0.2) is 44.8 Å². The highest BCUT2D eigenvalue weighted by Crippen LogP contribution is 2.24. The van der Waals surface area contributed by atoms with Gasteiger partial charge in [-0.3, -0.25) is 14.5 Å². The zero-order valence-electron chi connectivity index (χ0n) is 16.5. The molecule has 0 bridgehead atoms. The minimum atomic E-state index is -0.151. The fourth-order valence-corrected chi connectivity index (χ4v) is 3.01. The number of H-pyrrole nitrogens is 2. The summed E-state index contributed by atoms with van der Waals surface area (Å²) in [4.78, 5) is 42.4. The van der Waals surface area contributed by atoms with Gasteiger partial charge >= 0.3 is 0 Å². The van der Waals surface area contributed by atoms with Crippen molar-refractivity contribution in [1.82, 2.24) is 19.9 Å². The van der Waals surface area contributed by atoms with Crippen LogP contribution in [0.5, 0.6) is 0 Å². The number of nitrogens with one attached hydrogen (secondary N) is 2. The van der Waals surface area contributed by atoms with Gasteiger partial charge in [0, 0.05) is 5.69 Å². The maximum Gasteiger partial charge on any atom is 0.248 e. The Morgan fingerprint density at radius 3 is 1.96 bits per heavy atom. The summed E-state index contributed by atoms with van der Waals surface area (Å²) in [6, 6.07) is 7.49. The van der Waals surface area contributed by atoms with Gasteiger partial charge in [0.2, 0.25) is 11.8 Å². The zero-order chi connectivity index (χ0) is 20.3. The first-order chi connectivity index (χ1) is 13.5. The number of carbonyl (C=O) groups excluding carboxylic acids is 2. The number of rotatable bonds is 3. The molecule has 1 aromatic carbocycles. The molecule has 4 rings (SSSR count). The molecule has 146 valence electrons. The fourth-order valence-electron chi connectivity index (χ4n) is 3.01. The largest absolute Gasteiger partial charge is 0.342 e. The molecule has 0 saturated carbocycles. The average Bonchev–Trinajstić information content (AvgIpc) is 3.33. The maximum absolute atomic E-state index is 12.6. The summed E-state index contributed by atoms with van der Waals surface area (Å²) in [6.45, 7) is 7.68. The van der Waals surface area contributed by atoms with Crippen LogP contribution in [0.25, 0.3) is 11.3 Å². The van der Waals surface area contributed by atoms with Crippen molar-refractivity contribution in [2.24, 2.45) is 0 Å². The molecule has 1 saturated heterocycles. The van der Waals surface area contributed by atoms with E-state index < -0.39 is 0 Å². The first-order valence-electron chi connectivity index (χ1n) is 9.25. The Hall–Kier alpha value is -3.42.